The minimum atomic E-state index is 0.130. The Hall–Kier alpha value is -0.610. The predicted molar refractivity (Wildman–Crippen MR) is 70.5 cm³/mol. The topological polar surface area (TPSA) is 36.4 Å². The first-order valence-corrected chi connectivity index (χ1v) is 7.45. The third kappa shape index (κ3) is 1.97. The van der Waals surface area contributed by atoms with Crippen LogP contribution < -0.4 is 4.90 Å². The fourth-order valence-electron chi connectivity index (χ4n) is 3.37. The van der Waals surface area contributed by atoms with Crippen LogP contribution >= 0.6 is 11.3 Å². The second kappa shape index (κ2) is 4.58. The van der Waals surface area contributed by atoms with Crippen LogP contribution in [0.15, 0.2) is 0 Å². The maximum atomic E-state index is 9.27. The van der Waals surface area contributed by atoms with Gasteiger partial charge in [-0.3, -0.25) is 0 Å². The molecule has 2 heterocycles. The number of aryl methyl sites for hydroxylation is 1. The van der Waals surface area contributed by atoms with E-state index in [1.807, 2.05) is 6.92 Å². The fraction of sp³-hybridized carbons (Fsp3) is 0.769. The van der Waals surface area contributed by atoms with Gasteiger partial charge in [-0.1, -0.05) is 17.8 Å². The number of thiazole rings is 1. The van der Waals surface area contributed by atoms with Crippen LogP contribution in [0.5, 0.6) is 0 Å². The Labute approximate surface area is 106 Å². The maximum Gasteiger partial charge on any atom is 0.186 e. The van der Waals surface area contributed by atoms with E-state index in [2.05, 4.69) is 9.88 Å². The lowest BCUT2D eigenvalue weighted by Crippen LogP contribution is -2.42. The lowest BCUT2D eigenvalue weighted by Gasteiger charge is -2.37. The Morgan fingerprint density at radius 1 is 1.35 bits per heavy atom. The monoisotopic (exact) mass is 252 g/mol. The van der Waals surface area contributed by atoms with E-state index in [4.69, 9.17) is 0 Å². The predicted octanol–water partition coefficient (Wildman–Crippen LogP) is 2.71. The van der Waals surface area contributed by atoms with Gasteiger partial charge in [0.05, 0.1) is 17.2 Å². The molecular weight excluding hydrogens is 232 g/mol. The summed E-state index contributed by atoms with van der Waals surface area (Å²) in [6.07, 6.45) is 6.81. The van der Waals surface area contributed by atoms with Crippen molar-refractivity contribution in [3.8, 4) is 0 Å². The lowest BCUT2D eigenvalue weighted by molar-refractivity contribution is 0.284. The SMILES string of the molecule is Cc1nc(N2CCCC3CCCC32)sc1CO. The van der Waals surface area contributed by atoms with Gasteiger partial charge in [0.15, 0.2) is 5.13 Å². The number of hydrogen-bond acceptors (Lipinski definition) is 4. The van der Waals surface area contributed by atoms with E-state index in [1.54, 1.807) is 11.3 Å². The number of aliphatic hydroxyl groups is 1. The van der Waals surface area contributed by atoms with E-state index in [0.717, 1.165) is 34.2 Å². The third-order valence-electron chi connectivity index (χ3n) is 4.26. The van der Waals surface area contributed by atoms with Crippen molar-refractivity contribution >= 4 is 16.5 Å². The fourth-order valence-corrected chi connectivity index (χ4v) is 4.38. The summed E-state index contributed by atoms with van der Waals surface area (Å²) in [7, 11) is 0. The third-order valence-corrected chi connectivity index (χ3v) is 5.44. The molecule has 2 unspecified atom stereocenters. The second-order valence-electron chi connectivity index (χ2n) is 5.26. The van der Waals surface area contributed by atoms with Gasteiger partial charge in [-0.15, -0.1) is 0 Å². The highest BCUT2D eigenvalue weighted by Gasteiger charge is 2.36. The van der Waals surface area contributed by atoms with Crippen LogP contribution in [-0.4, -0.2) is 22.7 Å². The minimum absolute atomic E-state index is 0.130. The average molecular weight is 252 g/mol. The molecule has 1 saturated carbocycles. The number of aliphatic hydroxyl groups excluding tert-OH is 1. The quantitative estimate of drug-likeness (QED) is 0.879. The summed E-state index contributed by atoms with van der Waals surface area (Å²) in [6.45, 7) is 3.28. The number of hydrogen-bond donors (Lipinski definition) is 1. The van der Waals surface area contributed by atoms with Crippen molar-refractivity contribution in [3.63, 3.8) is 0 Å². The molecule has 1 saturated heterocycles. The first kappa shape index (κ1) is 11.5. The number of anilines is 1. The summed E-state index contributed by atoms with van der Waals surface area (Å²) >= 11 is 1.68. The molecule has 17 heavy (non-hydrogen) atoms. The van der Waals surface area contributed by atoms with Gasteiger partial charge in [0.2, 0.25) is 0 Å². The molecule has 0 spiro atoms. The van der Waals surface area contributed by atoms with Crippen molar-refractivity contribution in [1.29, 1.82) is 0 Å². The molecular formula is C13H20N2OS. The number of rotatable bonds is 2. The molecule has 1 aromatic heterocycles. The van der Waals surface area contributed by atoms with Gasteiger partial charge in [-0.25, -0.2) is 4.98 Å². The zero-order valence-electron chi connectivity index (χ0n) is 10.4. The largest absolute Gasteiger partial charge is 0.391 e. The normalized spacial score (nSPS) is 28.5. The molecule has 0 radical (unpaired) electrons. The molecule has 3 rings (SSSR count). The van der Waals surface area contributed by atoms with Crippen LogP contribution in [-0.2, 0) is 6.61 Å². The van der Waals surface area contributed by atoms with Crippen molar-refractivity contribution < 1.29 is 5.11 Å². The van der Waals surface area contributed by atoms with E-state index in [9.17, 15) is 5.11 Å². The molecule has 0 amide bonds. The van der Waals surface area contributed by atoms with Crippen molar-refractivity contribution in [2.75, 3.05) is 11.4 Å². The molecule has 1 aliphatic heterocycles. The van der Waals surface area contributed by atoms with E-state index < -0.39 is 0 Å². The molecule has 2 atom stereocenters. The minimum Gasteiger partial charge on any atom is -0.391 e. The molecule has 3 nitrogen and oxygen atoms in total. The Morgan fingerprint density at radius 3 is 2.94 bits per heavy atom. The molecule has 1 N–H and O–H groups in total. The lowest BCUT2D eigenvalue weighted by atomic mass is 9.92. The van der Waals surface area contributed by atoms with Crippen LogP contribution in [0.25, 0.3) is 0 Å². The maximum absolute atomic E-state index is 9.27. The van der Waals surface area contributed by atoms with Gasteiger partial charge in [0, 0.05) is 12.6 Å². The standard InChI is InChI=1S/C13H20N2OS/c1-9-12(8-16)17-13(14-9)15-7-3-5-10-4-2-6-11(10)15/h10-11,16H,2-8H2,1H3. The Balaban J connectivity index is 1.86. The van der Waals surface area contributed by atoms with Crippen molar-refractivity contribution in [2.45, 2.75) is 51.7 Å². The summed E-state index contributed by atoms with van der Waals surface area (Å²) in [5.41, 5.74) is 1.01. The molecule has 2 aliphatic rings. The van der Waals surface area contributed by atoms with Crippen molar-refractivity contribution in [2.24, 2.45) is 5.92 Å². The van der Waals surface area contributed by atoms with Crippen molar-refractivity contribution in [1.82, 2.24) is 4.98 Å². The average Bonchev–Trinajstić information content (AvgIpc) is 2.94. The van der Waals surface area contributed by atoms with Gasteiger partial charge >= 0.3 is 0 Å². The highest BCUT2D eigenvalue weighted by molar-refractivity contribution is 7.15. The van der Waals surface area contributed by atoms with E-state index in [0.29, 0.717) is 0 Å². The number of aromatic nitrogens is 1. The Morgan fingerprint density at radius 2 is 2.18 bits per heavy atom. The van der Waals surface area contributed by atoms with Crippen LogP contribution in [0.2, 0.25) is 0 Å². The molecule has 94 valence electrons. The van der Waals surface area contributed by atoms with E-state index in [-0.39, 0.29) is 6.61 Å². The highest BCUT2D eigenvalue weighted by Crippen LogP contribution is 2.40. The zero-order chi connectivity index (χ0) is 11.8. The van der Waals surface area contributed by atoms with E-state index >= 15 is 0 Å². The molecule has 0 aromatic carbocycles. The van der Waals surface area contributed by atoms with Gasteiger partial charge in [0.1, 0.15) is 0 Å². The molecule has 2 fully saturated rings. The van der Waals surface area contributed by atoms with Crippen LogP contribution in [0.1, 0.15) is 42.7 Å². The summed E-state index contributed by atoms with van der Waals surface area (Å²) in [6, 6.07) is 0.723. The van der Waals surface area contributed by atoms with Crippen LogP contribution in [0, 0.1) is 12.8 Å². The number of nitrogens with zero attached hydrogens (tertiary/aromatic N) is 2. The van der Waals surface area contributed by atoms with Gasteiger partial charge in [0.25, 0.3) is 0 Å². The van der Waals surface area contributed by atoms with E-state index in [1.165, 1.54) is 32.1 Å². The van der Waals surface area contributed by atoms with Gasteiger partial charge in [-0.2, -0.15) is 0 Å². The van der Waals surface area contributed by atoms with Crippen LogP contribution in [0.4, 0.5) is 5.13 Å². The second-order valence-corrected chi connectivity index (χ2v) is 6.32. The zero-order valence-corrected chi connectivity index (χ0v) is 11.2. The summed E-state index contributed by atoms with van der Waals surface area (Å²) in [4.78, 5) is 8.19. The van der Waals surface area contributed by atoms with Crippen LogP contribution in [0.3, 0.4) is 0 Å². The smallest absolute Gasteiger partial charge is 0.186 e. The van der Waals surface area contributed by atoms with Crippen molar-refractivity contribution in [3.05, 3.63) is 10.6 Å². The summed E-state index contributed by atoms with van der Waals surface area (Å²) in [5.74, 6) is 0.894. The molecule has 1 aliphatic carbocycles. The highest BCUT2D eigenvalue weighted by atomic mass is 32.1. The molecule has 4 heteroatoms. The molecule has 1 aromatic rings. The number of fused-ring (bicyclic) bond motifs is 1. The Kier molecular flexibility index (Phi) is 3.09. The summed E-state index contributed by atoms with van der Waals surface area (Å²) < 4.78 is 0. The first-order valence-electron chi connectivity index (χ1n) is 6.63. The number of piperidine rings is 1. The first-order chi connectivity index (χ1) is 8.29. The molecule has 0 bridgehead atoms. The Bertz CT molecular complexity index is 404. The summed E-state index contributed by atoms with van der Waals surface area (Å²) in [5, 5.41) is 10.4. The van der Waals surface area contributed by atoms with Gasteiger partial charge in [-0.05, 0) is 38.5 Å². The van der Waals surface area contributed by atoms with Gasteiger partial charge < -0.3 is 10.0 Å².